The Kier molecular flexibility index (Phi) is 4.02. The molecule has 0 spiro atoms. The van der Waals surface area contributed by atoms with Crippen LogP contribution in [0.25, 0.3) is 10.9 Å². The van der Waals surface area contributed by atoms with E-state index in [0.29, 0.717) is 11.8 Å². The highest BCUT2D eigenvalue weighted by Crippen LogP contribution is 2.37. The van der Waals surface area contributed by atoms with Crippen LogP contribution in [-0.2, 0) is 0 Å². The number of fused-ring (bicyclic) bond motifs is 1. The number of benzene rings is 1. The molecule has 0 unspecified atom stereocenters. The van der Waals surface area contributed by atoms with Crippen LogP contribution in [0.4, 0.5) is 5.69 Å². The van der Waals surface area contributed by atoms with E-state index in [-0.39, 0.29) is 0 Å². The third-order valence-electron chi connectivity index (χ3n) is 5.71. The normalized spacial score (nSPS) is 18.8. The van der Waals surface area contributed by atoms with Gasteiger partial charge in [-0.2, -0.15) is 0 Å². The lowest BCUT2D eigenvalue weighted by Gasteiger charge is -2.42. The van der Waals surface area contributed by atoms with Gasteiger partial charge in [0.15, 0.2) is 0 Å². The molecule has 2 aromatic heterocycles. The van der Waals surface area contributed by atoms with Crippen LogP contribution in [0.15, 0.2) is 48.9 Å². The molecule has 3 aromatic rings. The van der Waals surface area contributed by atoms with Gasteiger partial charge in [-0.15, -0.1) is 0 Å². The van der Waals surface area contributed by atoms with Crippen LogP contribution < -0.4 is 10.2 Å². The van der Waals surface area contributed by atoms with E-state index in [9.17, 15) is 0 Å². The van der Waals surface area contributed by atoms with Crippen LogP contribution in [0.3, 0.4) is 0 Å². The zero-order valence-corrected chi connectivity index (χ0v) is 14.8. The van der Waals surface area contributed by atoms with E-state index < -0.39 is 0 Å². The average Bonchev–Trinajstić information content (AvgIpc) is 2.68. The van der Waals surface area contributed by atoms with Crippen molar-refractivity contribution < 1.29 is 0 Å². The maximum Gasteiger partial charge on any atom is 0.0722 e. The summed E-state index contributed by atoms with van der Waals surface area (Å²) < 4.78 is 0. The molecule has 0 bridgehead atoms. The summed E-state index contributed by atoms with van der Waals surface area (Å²) in [7, 11) is 0. The molecule has 1 aromatic carbocycles. The molecule has 4 heterocycles. The van der Waals surface area contributed by atoms with Crippen LogP contribution in [0, 0.1) is 0 Å². The molecular weight excluding hydrogens is 322 g/mol. The lowest BCUT2D eigenvalue weighted by atomic mass is 9.86. The molecule has 2 aliphatic rings. The van der Waals surface area contributed by atoms with E-state index in [2.05, 4.69) is 39.5 Å². The summed E-state index contributed by atoms with van der Waals surface area (Å²) in [4.78, 5) is 16.4. The van der Waals surface area contributed by atoms with Gasteiger partial charge in [0.25, 0.3) is 0 Å². The Hall–Kier alpha value is -2.53. The lowest BCUT2D eigenvalue weighted by molar-refractivity contribution is 0.436. The molecule has 5 rings (SSSR count). The fraction of sp³-hybridized carbons (Fsp3) is 0.381. The van der Waals surface area contributed by atoms with E-state index in [1.165, 1.54) is 22.5 Å². The highest BCUT2D eigenvalue weighted by Gasteiger charge is 2.34. The first-order valence-electron chi connectivity index (χ1n) is 9.50. The second kappa shape index (κ2) is 6.65. The standard InChI is InChI=1S/C21H23N5/c1-4-18-17(3-2-8-23-18)19(5-1)26-13-16(14-26)21-20(24-11-12-25-21)15-6-9-22-10-7-15/h1-5,8,11-12,15-16,22H,6-7,9-10,13-14H2. The maximum absolute atomic E-state index is 4.74. The van der Waals surface area contributed by atoms with E-state index in [1.807, 2.05) is 24.7 Å². The predicted octanol–water partition coefficient (Wildman–Crippen LogP) is 3.10. The summed E-state index contributed by atoms with van der Waals surface area (Å²) in [5, 5.41) is 4.67. The van der Waals surface area contributed by atoms with Gasteiger partial charge in [0, 0.05) is 54.6 Å². The summed E-state index contributed by atoms with van der Waals surface area (Å²) in [6, 6.07) is 10.5. The van der Waals surface area contributed by atoms with Crippen LogP contribution >= 0.6 is 0 Å². The largest absolute Gasteiger partial charge is 0.370 e. The Bertz CT molecular complexity index is 908. The fourth-order valence-electron chi connectivity index (χ4n) is 4.30. The summed E-state index contributed by atoms with van der Waals surface area (Å²) in [6.45, 7) is 4.18. The molecule has 132 valence electrons. The van der Waals surface area contributed by atoms with Crippen LogP contribution in [0.2, 0.25) is 0 Å². The maximum atomic E-state index is 4.74. The number of aromatic nitrogens is 3. The molecule has 5 heteroatoms. The number of rotatable bonds is 3. The quantitative estimate of drug-likeness (QED) is 0.790. The van der Waals surface area contributed by atoms with Crippen molar-refractivity contribution in [2.75, 3.05) is 31.1 Å². The number of pyridine rings is 1. The first-order valence-corrected chi connectivity index (χ1v) is 9.50. The van der Waals surface area contributed by atoms with Gasteiger partial charge in [0.1, 0.15) is 0 Å². The van der Waals surface area contributed by atoms with Gasteiger partial charge in [-0.1, -0.05) is 6.07 Å². The van der Waals surface area contributed by atoms with Gasteiger partial charge in [-0.3, -0.25) is 15.0 Å². The smallest absolute Gasteiger partial charge is 0.0722 e. The Morgan fingerprint density at radius 1 is 0.808 bits per heavy atom. The highest BCUT2D eigenvalue weighted by molar-refractivity contribution is 5.92. The molecule has 0 aliphatic carbocycles. The van der Waals surface area contributed by atoms with Gasteiger partial charge in [0.05, 0.1) is 16.9 Å². The van der Waals surface area contributed by atoms with Crippen molar-refractivity contribution in [1.29, 1.82) is 0 Å². The molecule has 2 fully saturated rings. The predicted molar refractivity (Wildman–Crippen MR) is 104 cm³/mol. The monoisotopic (exact) mass is 345 g/mol. The zero-order valence-electron chi connectivity index (χ0n) is 14.8. The molecular formula is C21H23N5. The van der Waals surface area contributed by atoms with Gasteiger partial charge < -0.3 is 10.2 Å². The molecule has 0 atom stereocenters. The van der Waals surface area contributed by atoms with Gasteiger partial charge in [0.2, 0.25) is 0 Å². The van der Waals surface area contributed by atoms with E-state index in [1.54, 1.807) is 0 Å². The van der Waals surface area contributed by atoms with Gasteiger partial charge in [-0.25, -0.2) is 0 Å². The van der Waals surface area contributed by atoms with Crippen molar-refractivity contribution in [2.45, 2.75) is 24.7 Å². The van der Waals surface area contributed by atoms with Crippen LogP contribution in [0.5, 0.6) is 0 Å². The topological polar surface area (TPSA) is 53.9 Å². The second-order valence-electron chi connectivity index (χ2n) is 7.30. The average molecular weight is 345 g/mol. The number of hydrogen-bond acceptors (Lipinski definition) is 5. The number of piperidine rings is 1. The minimum atomic E-state index is 0.473. The summed E-state index contributed by atoms with van der Waals surface area (Å²) in [6.07, 6.45) is 7.89. The summed E-state index contributed by atoms with van der Waals surface area (Å²) >= 11 is 0. The van der Waals surface area contributed by atoms with Crippen LogP contribution in [0.1, 0.15) is 36.1 Å². The zero-order chi connectivity index (χ0) is 17.3. The van der Waals surface area contributed by atoms with Crippen molar-refractivity contribution in [3.63, 3.8) is 0 Å². The fourth-order valence-corrected chi connectivity index (χ4v) is 4.30. The van der Waals surface area contributed by atoms with E-state index in [0.717, 1.165) is 44.5 Å². The van der Waals surface area contributed by atoms with Gasteiger partial charge in [-0.05, 0) is 50.2 Å². The molecule has 5 nitrogen and oxygen atoms in total. The molecule has 0 amide bonds. The van der Waals surface area contributed by atoms with Crippen molar-refractivity contribution >= 4 is 16.6 Å². The molecule has 0 saturated carbocycles. The van der Waals surface area contributed by atoms with Crippen molar-refractivity contribution in [3.05, 3.63) is 60.3 Å². The van der Waals surface area contributed by atoms with Crippen molar-refractivity contribution in [3.8, 4) is 0 Å². The lowest BCUT2D eigenvalue weighted by Crippen LogP contribution is -2.46. The Morgan fingerprint density at radius 3 is 2.38 bits per heavy atom. The number of nitrogens with one attached hydrogen (secondary N) is 1. The summed E-state index contributed by atoms with van der Waals surface area (Å²) in [5.41, 5.74) is 4.79. The number of nitrogens with zero attached hydrogens (tertiary/aromatic N) is 4. The van der Waals surface area contributed by atoms with E-state index in [4.69, 9.17) is 9.97 Å². The van der Waals surface area contributed by atoms with Crippen molar-refractivity contribution in [1.82, 2.24) is 20.3 Å². The third kappa shape index (κ3) is 2.72. The minimum Gasteiger partial charge on any atom is -0.370 e. The number of hydrogen-bond donors (Lipinski definition) is 1. The molecule has 26 heavy (non-hydrogen) atoms. The molecule has 2 saturated heterocycles. The van der Waals surface area contributed by atoms with E-state index >= 15 is 0 Å². The molecule has 1 N–H and O–H groups in total. The SMILES string of the molecule is c1cc(N2CC(c3nccnc3C3CCNCC3)C2)c2cccnc2c1. The first kappa shape index (κ1) is 15.7. The minimum absolute atomic E-state index is 0.473. The number of anilines is 1. The third-order valence-corrected chi connectivity index (χ3v) is 5.71. The Morgan fingerprint density at radius 2 is 1.58 bits per heavy atom. The first-order chi connectivity index (χ1) is 12.9. The summed E-state index contributed by atoms with van der Waals surface area (Å²) in [5.74, 6) is 1.02. The highest BCUT2D eigenvalue weighted by atomic mass is 15.2. The Labute approximate surface area is 153 Å². The molecule has 2 aliphatic heterocycles. The van der Waals surface area contributed by atoms with Crippen molar-refractivity contribution in [2.24, 2.45) is 0 Å². The second-order valence-corrected chi connectivity index (χ2v) is 7.30. The van der Waals surface area contributed by atoms with Crippen LogP contribution in [-0.4, -0.2) is 41.1 Å². The van der Waals surface area contributed by atoms with Gasteiger partial charge >= 0.3 is 0 Å². The molecule has 0 radical (unpaired) electrons. The Balaban J connectivity index is 1.39.